The van der Waals surface area contributed by atoms with Crippen molar-refractivity contribution in [1.29, 1.82) is 0 Å². The van der Waals surface area contributed by atoms with Gasteiger partial charge in [0, 0.05) is 36.9 Å². The summed E-state index contributed by atoms with van der Waals surface area (Å²) in [7, 11) is 1.64. The first kappa shape index (κ1) is 23.0. The molecule has 1 aromatic heterocycles. The average molecular weight is 449 g/mol. The molecule has 7 nitrogen and oxygen atoms in total. The maximum absolute atomic E-state index is 13.4. The Labute approximate surface area is 195 Å². The maximum Gasteiger partial charge on any atom is 0.255 e. The fraction of sp³-hybridized carbons (Fsp3) is 0.385. The van der Waals surface area contributed by atoms with Crippen molar-refractivity contribution in [2.75, 3.05) is 40.0 Å². The fourth-order valence-electron chi connectivity index (χ4n) is 4.14. The van der Waals surface area contributed by atoms with Crippen molar-refractivity contribution in [3.05, 3.63) is 66.4 Å². The quantitative estimate of drug-likeness (QED) is 0.568. The summed E-state index contributed by atoms with van der Waals surface area (Å²) in [6, 6.07) is 17.4. The van der Waals surface area contributed by atoms with Crippen LogP contribution in [0.5, 0.6) is 5.75 Å². The maximum atomic E-state index is 13.4. The minimum atomic E-state index is -0.130. The highest BCUT2D eigenvalue weighted by Gasteiger charge is 2.32. The third-order valence-electron chi connectivity index (χ3n) is 6.51. The van der Waals surface area contributed by atoms with Crippen molar-refractivity contribution in [2.45, 2.75) is 25.8 Å². The zero-order valence-corrected chi connectivity index (χ0v) is 19.6. The zero-order chi connectivity index (χ0) is 23.3. The van der Waals surface area contributed by atoms with Gasteiger partial charge in [0.05, 0.1) is 31.6 Å². The molecule has 174 valence electrons. The lowest BCUT2D eigenvalue weighted by Crippen LogP contribution is -2.56. The Balaban J connectivity index is 1.61. The van der Waals surface area contributed by atoms with E-state index in [1.165, 1.54) is 0 Å². The molecule has 1 aliphatic rings. The number of morpholine rings is 1. The Morgan fingerprint density at radius 2 is 1.82 bits per heavy atom. The number of benzene rings is 2. The number of amides is 1. The first-order valence-corrected chi connectivity index (χ1v) is 11.4. The molecule has 1 amide bonds. The number of carbonyl (C=O) groups excluding carboxylic acids is 1. The van der Waals surface area contributed by atoms with Gasteiger partial charge < -0.3 is 14.8 Å². The predicted molar refractivity (Wildman–Crippen MR) is 129 cm³/mol. The van der Waals surface area contributed by atoms with Gasteiger partial charge in [-0.1, -0.05) is 25.1 Å². The van der Waals surface area contributed by atoms with E-state index in [9.17, 15) is 4.79 Å². The monoisotopic (exact) mass is 448 g/mol. The van der Waals surface area contributed by atoms with Gasteiger partial charge in [0.2, 0.25) is 0 Å². The summed E-state index contributed by atoms with van der Waals surface area (Å²) in [5, 5.41) is 7.96. The summed E-state index contributed by atoms with van der Waals surface area (Å²) in [5.74, 6) is 0.632. The van der Waals surface area contributed by atoms with Gasteiger partial charge in [-0.15, -0.1) is 0 Å². The molecule has 0 radical (unpaired) electrons. The molecule has 4 rings (SSSR count). The first-order valence-electron chi connectivity index (χ1n) is 11.4. The van der Waals surface area contributed by atoms with E-state index in [1.54, 1.807) is 11.8 Å². The Morgan fingerprint density at radius 3 is 2.45 bits per heavy atom. The number of hydrogen-bond donors (Lipinski definition) is 1. The topological polar surface area (TPSA) is 68.6 Å². The number of aromatic nitrogens is 2. The van der Waals surface area contributed by atoms with E-state index in [-0.39, 0.29) is 11.4 Å². The Bertz CT molecular complexity index is 1060. The van der Waals surface area contributed by atoms with Gasteiger partial charge in [-0.3, -0.25) is 9.69 Å². The summed E-state index contributed by atoms with van der Waals surface area (Å²) in [6.07, 6.45) is 2.74. The molecule has 1 atom stereocenters. The molecular formula is C26H32N4O3. The number of rotatable bonds is 8. The lowest BCUT2D eigenvalue weighted by Gasteiger charge is -2.43. The summed E-state index contributed by atoms with van der Waals surface area (Å²) >= 11 is 0. The number of methoxy groups -OCH3 is 1. The average Bonchev–Trinajstić information content (AvgIpc) is 3.34. The molecule has 33 heavy (non-hydrogen) atoms. The van der Waals surface area contributed by atoms with Crippen LogP contribution in [0.1, 0.15) is 30.6 Å². The third kappa shape index (κ3) is 5.10. The number of nitrogens with zero attached hydrogens (tertiary/aromatic N) is 3. The van der Waals surface area contributed by atoms with Crippen LogP contribution in [0.25, 0.3) is 16.9 Å². The molecule has 1 saturated heterocycles. The number of hydrogen-bond acceptors (Lipinski definition) is 5. The molecule has 1 N–H and O–H groups in total. The van der Waals surface area contributed by atoms with Crippen molar-refractivity contribution in [3.8, 4) is 22.7 Å². The van der Waals surface area contributed by atoms with Crippen molar-refractivity contribution in [3.63, 3.8) is 0 Å². The van der Waals surface area contributed by atoms with E-state index < -0.39 is 0 Å². The second-order valence-electron chi connectivity index (χ2n) is 8.53. The Hall–Kier alpha value is -3.16. The predicted octanol–water partition coefficient (Wildman–Crippen LogP) is 3.78. The molecule has 2 heterocycles. The van der Waals surface area contributed by atoms with Crippen LogP contribution in [0.3, 0.4) is 0 Å². The van der Waals surface area contributed by atoms with E-state index in [0.717, 1.165) is 49.7 Å². The first-order chi connectivity index (χ1) is 16.0. The molecule has 0 spiro atoms. The molecule has 0 bridgehead atoms. The van der Waals surface area contributed by atoms with Crippen LogP contribution >= 0.6 is 0 Å². The van der Waals surface area contributed by atoms with Crippen molar-refractivity contribution < 1.29 is 14.3 Å². The van der Waals surface area contributed by atoms with Crippen LogP contribution in [0.15, 0.2) is 60.8 Å². The van der Waals surface area contributed by atoms with Crippen molar-refractivity contribution in [2.24, 2.45) is 0 Å². The summed E-state index contributed by atoms with van der Waals surface area (Å²) in [6.45, 7) is 8.14. The summed E-state index contributed by atoms with van der Waals surface area (Å²) < 4.78 is 12.6. The molecule has 2 aromatic carbocycles. The molecule has 1 fully saturated rings. The van der Waals surface area contributed by atoms with Crippen molar-refractivity contribution in [1.82, 2.24) is 20.0 Å². The van der Waals surface area contributed by atoms with E-state index in [2.05, 4.69) is 24.1 Å². The highest BCUT2D eigenvalue weighted by Crippen LogP contribution is 2.26. The molecule has 1 unspecified atom stereocenters. The molecule has 1 aliphatic heterocycles. The standard InChI is InChI=1S/C26H32N4O3/c1-4-26(2,29-14-16-33-17-15-29)19-27-25(31)23-18-30(21-8-6-5-7-9-21)28-24(23)20-10-12-22(32-3)13-11-20/h5-13,18H,4,14-17,19H2,1-3H3,(H,27,31). The fourth-order valence-corrected chi connectivity index (χ4v) is 4.14. The zero-order valence-electron chi connectivity index (χ0n) is 19.6. The lowest BCUT2D eigenvalue weighted by atomic mass is 9.95. The SMILES string of the molecule is CCC(C)(CNC(=O)c1cn(-c2ccccc2)nc1-c1ccc(OC)cc1)N1CCOCC1. The van der Waals surface area contributed by atoms with Gasteiger partial charge in [0.25, 0.3) is 5.91 Å². The van der Waals surface area contributed by atoms with Crippen LogP contribution in [0.2, 0.25) is 0 Å². The normalized spacial score (nSPS) is 16.2. The Morgan fingerprint density at radius 1 is 1.12 bits per heavy atom. The van der Waals surface area contributed by atoms with E-state index in [0.29, 0.717) is 17.8 Å². The van der Waals surface area contributed by atoms with Gasteiger partial charge in [0.1, 0.15) is 11.4 Å². The van der Waals surface area contributed by atoms with Gasteiger partial charge in [-0.2, -0.15) is 5.10 Å². The Kier molecular flexibility index (Phi) is 7.11. The molecular weight excluding hydrogens is 416 g/mol. The van der Waals surface area contributed by atoms with E-state index >= 15 is 0 Å². The van der Waals surface area contributed by atoms with Crippen LogP contribution in [0.4, 0.5) is 0 Å². The number of ether oxygens (including phenoxy) is 2. The van der Waals surface area contributed by atoms with Gasteiger partial charge >= 0.3 is 0 Å². The van der Waals surface area contributed by atoms with Crippen LogP contribution in [0, 0.1) is 0 Å². The van der Waals surface area contributed by atoms with Crippen molar-refractivity contribution >= 4 is 5.91 Å². The second kappa shape index (κ2) is 10.2. The minimum Gasteiger partial charge on any atom is -0.497 e. The molecule has 7 heteroatoms. The second-order valence-corrected chi connectivity index (χ2v) is 8.53. The van der Waals surface area contributed by atoms with Crippen LogP contribution in [-0.4, -0.2) is 66.1 Å². The van der Waals surface area contributed by atoms with E-state index in [4.69, 9.17) is 14.6 Å². The highest BCUT2D eigenvalue weighted by atomic mass is 16.5. The lowest BCUT2D eigenvalue weighted by molar-refractivity contribution is -0.0169. The number of nitrogens with one attached hydrogen (secondary N) is 1. The smallest absolute Gasteiger partial charge is 0.255 e. The summed E-state index contributed by atoms with van der Waals surface area (Å²) in [4.78, 5) is 15.8. The molecule has 0 aliphatic carbocycles. The minimum absolute atomic E-state index is 0.129. The summed E-state index contributed by atoms with van der Waals surface area (Å²) in [5.41, 5.74) is 2.82. The highest BCUT2D eigenvalue weighted by molar-refractivity contribution is 6.00. The van der Waals surface area contributed by atoms with Crippen LogP contribution in [-0.2, 0) is 4.74 Å². The van der Waals surface area contributed by atoms with Gasteiger partial charge in [0.15, 0.2) is 0 Å². The van der Waals surface area contributed by atoms with E-state index in [1.807, 2.05) is 60.8 Å². The van der Waals surface area contributed by atoms with Gasteiger partial charge in [-0.05, 0) is 49.7 Å². The third-order valence-corrected chi connectivity index (χ3v) is 6.51. The molecule has 3 aromatic rings. The van der Waals surface area contributed by atoms with Gasteiger partial charge in [-0.25, -0.2) is 4.68 Å². The van der Waals surface area contributed by atoms with Crippen LogP contribution < -0.4 is 10.1 Å². The number of para-hydroxylation sites is 1. The number of carbonyl (C=O) groups is 1. The molecule has 0 saturated carbocycles. The largest absolute Gasteiger partial charge is 0.497 e.